The van der Waals surface area contributed by atoms with Gasteiger partial charge in [-0.05, 0) is 55.7 Å². The zero-order valence-electron chi connectivity index (χ0n) is 22.2. The summed E-state index contributed by atoms with van der Waals surface area (Å²) in [4.78, 5) is 13.5. The Hall–Kier alpha value is -3.74. The summed E-state index contributed by atoms with van der Waals surface area (Å²) in [6.45, 7) is 8.28. The van der Waals surface area contributed by atoms with Crippen molar-refractivity contribution in [3.8, 4) is 11.6 Å². The molecule has 0 unspecified atom stereocenters. The molecular weight excluding hydrogens is 496 g/mol. The van der Waals surface area contributed by atoms with Crippen molar-refractivity contribution in [2.75, 3.05) is 6.61 Å². The molecule has 0 bridgehead atoms. The maximum Gasteiger partial charge on any atom is 0.247 e. The van der Waals surface area contributed by atoms with Crippen molar-refractivity contribution in [1.82, 2.24) is 19.5 Å². The lowest BCUT2D eigenvalue weighted by atomic mass is 10.2. The molecule has 0 N–H and O–H groups in total. The molecule has 2 aromatic carbocycles. The van der Waals surface area contributed by atoms with Crippen LogP contribution in [0.2, 0.25) is 0 Å². The molecule has 0 aliphatic heterocycles. The van der Waals surface area contributed by atoms with E-state index < -0.39 is 0 Å². The SMILES string of the molecule is CCCc1nc2c(Oc3ccccc3)nc(C)c(C)c2n1CCOCc1ccccc1.Cl.c1ccncc1. The molecule has 0 aliphatic rings. The standard InChI is InChI=1S/C26H29N3O2.C5H5N.ClH/c1-4-11-23-28-24-25(29(23)16-17-30-18-21-12-7-5-8-13-21)19(2)20(3)27-26(24)31-22-14-9-6-10-15-22;1-2-4-6-5-3-1;/h5-10,12-15H,4,11,16-18H2,1-3H3;1-5H;1H. The quantitative estimate of drug-likeness (QED) is 0.184. The first-order valence-electron chi connectivity index (χ1n) is 12.7. The highest BCUT2D eigenvalue weighted by molar-refractivity contribution is 5.85. The predicted octanol–water partition coefficient (Wildman–Crippen LogP) is 7.51. The normalized spacial score (nSPS) is 10.4. The molecule has 0 atom stereocenters. The molecule has 6 nitrogen and oxygen atoms in total. The highest BCUT2D eigenvalue weighted by atomic mass is 35.5. The predicted molar refractivity (Wildman–Crippen MR) is 155 cm³/mol. The van der Waals surface area contributed by atoms with Gasteiger partial charge >= 0.3 is 0 Å². The second-order valence-corrected chi connectivity index (χ2v) is 8.73. The maximum atomic E-state index is 6.14. The Kier molecular flexibility index (Phi) is 11.3. The van der Waals surface area contributed by atoms with Crippen molar-refractivity contribution in [3.05, 3.63) is 114 Å². The molecule has 0 saturated carbocycles. The van der Waals surface area contributed by atoms with E-state index >= 15 is 0 Å². The minimum Gasteiger partial charge on any atom is -0.437 e. The van der Waals surface area contributed by atoms with E-state index in [-0.39, 0.29) is 12.4 Å². The summed E-state index contributed by atoms with van der Waals surface area (Å²) in [5, 5.41) is 0. The summed E-state index contributed by atoms with van der Waals surface area (Å²) in [7, 11) is 0. The van der Waals surface area contributed by atoms with Crippen molar-refractivity contribution in [3.63, 3.8) is 0 Å². The van der Waals surface area contributed by atoms with Gasteiger partial charge in [-0.1, -0.05) is 61.5 Å². The Labute approximate surface area is 231 Å². The van der Waals surface area contributed by atoms with Gasteiger partial charge in [0, 0.05) is 31.1 Å². The summed E-state index contributed by atoms with van der Waals surface area (Å²) in [6, 6.07) is 25.7. The highest BCUT2D eigenvalue weighted by Crippen LogP contribution is 2.32. The second kappa shape index (κ2) is 14.9. The number of rotatable bonds is 9. The average molecular weight is 531 g/mol. The second-order valence-electron chi connectivity index (χ2n) is 8.73. The van der Waals surface area contributed by atoms with Crippen LogP contribution in [0.15, 0.2) is 91.3 Å². The number of ether oxygens (including phenoxy) is 2. The molecule has 0 spiro atoms. The van der Waals surface area contributed by atoms with Gasteiger partial charge in [0.15, 0.2) is 5.52 Å². The molecule has 3 heterocycles. The average Bonchev–Trinajstić information content (AvgIpc) is 3.31. The van der Waals surface area contributed by atoms with E-state index in [9.17, 15) is 0 Å². The number of imidazole rings is 1. The van der Waals surface area contributed by atoms with Crippen molar-refractivity contribution < 1.29 is 9.47 Å². The van der Waals surface area contributed by atoms with Crippen LogP contribution in [0.25, 0.3) is 11.0 Å². The third kappa shape index (κ3) is 7.63. The number of hydrogen-bond donors (Lipinski definition) is 0. The first-order valence-corrected chi connectivity index (χ1v) is 12.7. The summed E-state index contributed by atoms with van der Waals surface area (Å²) >= 11 is 0. The number of halogens is 1. The third-order valence-corrected chi connectivity index (χ3v) is 5.98. The number of hydrogen-bond acceptors (Lipinski definition) is 5. The van der Waals surface area contributed by atoms with Crippen molar-refractivity contribution in [2.45, 2.75) is 46.8 Å². The molecule has 0 amide bonds. The highest BCUT2D eigenvalue weighted by Gasteiger charge is 2.19. The summed E-state index contributed by atoms with van der Waals surface area (Å²) < 4.78 is 14.4. The van der Waals surface area contributed by atoms with Crippen LogP contribution in [0.3, 0.4) is 0 Å². The van der Waals surface area contributed by atoms with Crippen molar-refractivity contribution >= 4 is 23.4 Å². The largest absolute Gasteiger partial charge is 0.437 e. The minimum absolute atomic E-state index is 0. The number of pyridine rings is 2. The molecule has 38 heavy (non-hydrogen) atoms. The molecule has 0 radical (unpaired) electrons. The van der Waals surface area contributed by atoms with Gasteiger partial charge in [-0.15, -0.1) is 12.4 Å². The molecule has 0 aliphatic carbocycles. The van der Waals surface area contributed by atoms with Gasteiger partial charge in [0.05, 0.1) is 18.7 Å². The number of benzene rings is 2. The smallest absolute Gasteiger partial charge is 0.247 e. The minimum atomic E-state index is 0. The van der Waals surface area contributed by atoms with Crippen LogP contribution in [-0.4, -0.2) is 26.1 Å². The molecular formula is C31H35ClN4O2. The van der Waals surface area contributed by atoms with Gasteiger partial charge in [0.1, 0.15) is 11.6 Å². The monoisotopic (exact) mass is 530 g/mol. The Morgan fingerprint density at radius 3 is 2.08 bits per heavy atom. The number of aryl methyl sites for hydroxylation is 3. The topological polar surface area (TPSA) is 62.1 Å². The van der Waals surface area contributed by atoms with E-state index in [0.717, 1.165) is 53.3 Å². The van der Waals surface area contributed by atoms with E-state index in [0.29, 0.717) is 19.1 Å². The lowest BCUT2D eigenvalue weighted by Crippen LogP contribution is -2.10. The fraction of sp³-hybridized carbons (Fsp3) is 0.258. The van der Waals surface area contributed by atoms with Crippen LogP contribution in [0.1, 0.15) is 36.0 Å². The van der Waals surface area contributed by atoms with E-state index in [4.69, 9.17) is 19.4 Å². The van der Waals surface area contributed by atoms with Crippen LogP contribution < -0.4 is 4.74 Å². The maximum absolute atomic E-state index is 6.14. The van der Waals surface area contributed by atoms with Crippen LogP contribution in [-0.2, 0) is 24.3 Å². The van der Waals surface area contributed by atoms with Crippen LogP contribution in [0.4, 0.5) is 0 Å². The Morgan fingerprint density at radius 1 is 0.816 bits per heavy atom. The van der Waals surface area contributed by atoms with E-state index in [2.05, 4.69) is 35.5 Å². The molecule has 3 aromatic heterocycles. The first-order chi connectivity index (χ1) is 18.2. The van der Waals surface area contributed by atoms with E-state index in [1.54, 1.807) is 12.4 Å². The number of para-hydroxylation sites is 1. The van der Waals surface area contributed by atoms with Crippen LogP contribution in [0.5, 0.6) is 11.6 Å². The number of aromatic nitrogens is 4. The molecule has 0 saturated heterocycles. The summed E-state index contributed by atoms with van der Waals surface area (Å²) in [5.74, 6) is 2.37. The fourth-order valence-corrected chi connectivity index (χ4v) is 4.05. The van der Waals surface area contributed by atoms with Gasteiger partial charge in [-0.2, -0.15) is 0 Å². The molecule has 0 fully saturated rings. The van der Waals surface area contributed by atoms with Gasteiger partial charge < -0.3 is 14.0 Å². The van der Waals surface area contributed by atoms with Crippen molar-refractivity contribution in [1.29, 1.82) is 0 Å². The lowest BCUT2D eigenvalue weighted by molar-refractivity contribution is 0.113. The zero-order chi connectivity index (χ0) is 25.9. The summed E-state index contributed by atoms with van der Waals surface area (Å²) in [6.07, 6.45) is 5.42. The van der Waals surface area contributed by atoms with Gasteiger partial charge in [0.2, 0.25) is 5.88 Å². The van der Waals surface area contributed by atoms with E-state index in [1.165, 1.54) is 5.56 Å². The third-order valence-electron chi connectivity index (χ3n) is 5.98. The first kappa shape index (κ1) is 28.8. The van der Waals surface area contributed by atoms with Gasteiger partial charge in [-0.25, -0.2) is 9.97 Å². The Bertz CT molecular complexity index is 1350. The Morgan fingerprint density at radius 2 is 1.47 bits per heavy atom. The fourth-order valence-electron chi connectivity index (χ4n) is 4.05. The summed E-state index contributed by atoms with van der Waals surface area (Å²) in [5.41, 5.74) is 5.17. The molecule has 5 rings (SSSR count). The number of nitrogens with zero attached hydrogens (tertiary/aromatic N) is 4. The van der Waals surface area contributed by atoms with Gasteiger partial charge in [-0.3, -0.25) is 4.98 Å². The van der Waals surface area contributed by atoms with Crippen LogP contribution >= 0.6 is 12.4 Å². The van der Waals surface area contributed by atoms with Crippen molar-refractivity contribution in [2.24, 2.45) is 0 Å². The van der Waals surface area contributed by atoms with E-state index in [1.807, 2.05) is 73.7 Å². The van der Waals surface area contributed by atoms with Crippen LogP contribution in [0, 0.1) is 13.8 Å². The molecule has 198 valence electrons. The molecule has 7 heteroatoms. The molecule has 5 aromatic rings. The lowest BCUT2D eigenvalue weighted by Gasteiger charge is -2.13. The Balaban J connectivity index is 0.000000504. The van der Waals surface area contributed by atoms with Gasteiger partial charge in [0.25, 0.3) is 0 Å². The zero-order valence-corrected chi connectivity index (χ0v) is 23.0. The number of fused-ring (bicyclic) bond motifs is 1.